The van der Waals surface area contributed by atoms with Crippen LogP contribution in [0.3, 0.4) is 0 Å². The number of hydrogen-bond donors (Lipinski definition) is 2. The lowest BCUT2D eigenvalue weighted by Crippen LogP contribution is -2.17. The normalized spacial score (nSPS) is 10.7. The van der Waals surface area contributed by atoms with E-state index in [1.165, 1.54) is 6.21 Å². The predicted octanol–water partition coefficient (Wildman–Crippen LogP) is 3.12. The molecule has 102 valence electrons. The molecule has 0 saturated carbocycles. The van der Waals surface area contributed by atoms with Crippen molar-refractivity contribution in [2.24, 2.45) is 5.10 Å². The van der Waals surface area contributed by atoms with Gasteiger partial charge in [-0.3, -0.25) is 4.79 Å². The third kappa shape index (κ3) is 3.36. The highest BCUT2D eigenvalue weighted by atomic mass is 35.5. The van der Waals surface area contributed by atoms with E-state index in [0.29, 0.717) is 16.1 Å². The molecule has 2 N–H and O–H groups in total. The number of halogens is 1. The third-order valence-electron chi connectivity index (χ3n) is 2.75. The molecule has 0 heterocycles. The minimum absolute atomic E-state index is 0.150. The average Bonchev–Trinajstić information content (AvgIpc) is 2.44. The third-order valence-corrected chi connectivity index (χ3v) is 3.00. The van der Waals surface area contributed by atoms with Crippen molar-refractivity contribution in [1.82, 2.24) is 5.43 Å². The monoisotopic (exact) mass is 288 g/mol. The highest BCUT2D eigenvalue weighted by molar-refractivity contribution is 6.30. The number of hydrogen-bond acceptors (Lipinski definition) is 3. The predicted molar refractivity (Wildman–Crippen MR) is 79.4 cm³/mol. The van der Waals surface area contributed by atoms with Crippen LogP contribution < -0.4 is 5.43 Å². The zero-order chi connectivity index (χ0) is 14.5. The van der Waals surface area contributed by atoms with E-state index in [0.717, 1.165) is 5.56 Å². The molecule has 1 amide bonds. The second-order valence-corrected chi connectivity index (χ2v) is 4.66. The molecule has 0 bridgehead atoms. The molecule has 0 radical (unpaired) electrons. The number of phenols is 1. The molecule has 2 aromatic carbocycles. The van der Waals surface area contributed by atoms with Gasteiger partial charge in [-0.15, -0.1) is 0 Å². The molecule has 2 aromatic rings. The first-order valence-electron chi connectivity index (χ1n) is 5.95. The SMILES string of the molecule is Cc1cccc(/C=N/NC(=O)c2ccc(Cl)cc2)c1O. The van der Waals surface area contributed by atoms with Gasteiger partial charge in [0.25, 0.3) is 5.91 Å². The first kappa shape index (κ1) is 14.1. The van der Waals surface area contributed by atoms with E-state index < -0.39 is 0 Å². The van der Waals surface area contributed by atoms with Crippen molar-refractivity contribution in [2.45, 2.75) is 6.92 Å². The second kappa shape index (κ2) is 6.21. The zero-order valence-corrected chi connectivity index (χ0v) is 11.6. The Morgan fingerprint density at radius 3 is 2.65 bits per heavy atom. The number of nitrogens with zero attached hydrogens (tertiary/aromatic N) is 1. The number of carbonyl (C=O) groups excluding carboxylic acids is 1. The number of hydrazone groups is 1. The molecule has 0 aromatic heterocycles. The molecule has 0 spiro atoms. The van der Waals surface area contributed by atoms with Gasteiger partial charge in [-0.1, -0.05) is 23.7 Å². The number of amides is 1. The largest absolute Gasteiger partial charge is 0.507 e. The summed E-state index contributed by atoms with van der Waals surface area (Å²) in [6, 6.07) is 11.8. The van der Waals surface area contributed by atoms with Gasteiger partial charge in [0.15, 0.2) is 0 Å². The van der Waals surface area contributed by atoms with E-state index in [-0.39, 0.29) is 11.7 Å². The molecule has 0 saturated heterocycles. The van der Waals surface area contributed by atoms with Gasteiger partial charge in [0.2, 0.25) is 0 Å². The van der Waals surface area contributed by atoms with Crippen LogP contribution in [0.5, 0.6) is 5.75 Å². The van der Waals surface area contributed by atoms with Gasteiger partial charge in [0, 0.05) is 16.1 Å². The lowest BCUT2D eigenvalue weighted by molar-refractivity contribution is 0.0955. The molecule has 2 rings (SSSR count). The van der Waals surface area contributed by atoms with Crippen LogP contribution in [0.4, 0.5) is 0 Å². The summed E-state index contributed by atoms with van der Waals surface area (Å²) in [5.41, 5.74) is 4.14. The summed E-state index contributed by atoms with van der Waals surface area (Å²) in [6.07, 6.45) is 1.40. The van der Waals surface area contributed by atoms with E-state index in [1.807, 2.05) is 0 Å². The summed E-state index contributed by atoms with van der Waals surface area (Å²) in [6.45, 7) is 1.79. The molecular weight excluding hydrogens is 276 g/mol. The summed E-state index contributed by atoms with van der Waals surface area (Å²) in [5, 5.41) is 14.2. The second-order valence-electron chi connectivity index (χ2n) is 4.22. The van der Waals surface area contributed by atoms with Gasteiger partial charge in [0.05, 0.1) is 6.21 Å². The smallest absolute Gasteiger partial charge is 0.271 e. The maximum absolute atomic E-state index is 11.8. The van der Waals surface area contributed by atoms with E-state index >= 15 is 0 Å². The number of aromatic hydroxyl groups is 1. The molecule has 4 nitrogen and oxygen atoms in total. The Morgan fingerprint density at radius 2 is 1.95 bits per heavy atom. The van der Waals surface area contributed by atoms with E-state index in [1.54, 1.807) is 49.4 Å². The lowest BCUT2D eigenvalue weighted by atomic mass is 10.1. The summed E-state index contributed by atoms with van der Waals surface area (Å²) < 4.78 is 0. The van der Waals surface area contributed by atoms with Crippen LogP contribution >= 0.6 is 11.6 Å². The minimum Gasteiger partial charge on any atom is -0.507 e. The van der Waals surface area contributed by atoms with Crippen molar-refractivity contribution in [3.63, 3.8) is 0 Å². The number of carbonyl (C=O) groups is 1. The first-order chi connectivity index (χ1) is 9.58. The number of rotatable bonds is 3. The Kier molecular flexibility index (Phi) is 4.38. The first-order valence-corrected chi connectivity index (χ1v) is 6.33. The van der Waals surface area contributed by atoms with Crippen LogP contribution in [0.1, 0.15) is 21.5 Å². The van der Waals surface area contributed by atoms with Crippen LogP contribution in [0.25, 0.3) is 0 Å². The molecule has 0 unspecified atom stereocenters. The van der Waals surface area contributed by atoms with Crippen LogP contribution in [-0.2, 0) is 0 Å². The summed E-state index contributed by atoms with van der Waals surface area (Å²) in [7, 11) is 0. The van der Waals surface area contributed by atoms with Crippen molar-refractivity contribution < 1.29 is 9.90 Å². The van der Waals surface area contributed by atoms with E-state index in [9.17, 15) is 9.90 Å². The van der Waals surface area contributed by atoms with Crippen molar-refractivity contribution >= 4 is 23.7 Å². The summed E-state index contributed by atoms with van der Waals surface area (Å²) in [5.74, 6) is -0.193. The summed E-state index contributed by atoms with van der Waals surface area (Å²) in [4.78, 5) is 11.8. The fraction of sp³-hybridized carbons (Fsp3) is 0.0667. The van der Waals surface area contributed by atoms with Crippen molar-refractivity contribution in [3.8, 4) is 5.75 Å². The van der Waals surface area contributed by atoms with Crippen molar-refractivity contribution in [3.05, 3.63) is 64.2 Å². The Labute approximate surface area is 121 Å². The van der Waals surface area contributed by atoms with Crippen LogP contribution in [0.2, 0.25) is 5.02 Å². The minimum atomic E-state index is -0.343. The topological polar surface area (TPSA) is 61.7 Å². The van der Waals surface area contributed by atoms with Crippen molar-refractivity contribution in [1.29, 1.82) is 0 Å². The Bertz CT molecular complexity index is 651. The quantitative estimate of drug-likeness (QED) is 0.673. The standard InChI is InChI=1S/C15H13ClN2O2/c1-10-3-2-4-12(14(10)19)9-17-18-15(20)11-5-7-13(16)8-6-11/h2-9,19H,1H3,(H,18,20)/b17-9+. The number of aryl methyl sites for hydroxylation is 1. The summed E-state index contributed by atoms with van der Waals surface area (Å²) >= 11 is 5.74. The molecule has 0 aliphatic rings. The highest BCUT2D eigenvalue weighted by Crippen LogP contribution is 2.19. The maximum atomic E-state index is 11.8. The van der Waals surface area contributed by atoms with Gasteiger partial charge in [-0.25, -0.2) is 5.43 Å². The van der Waals surface area contributed by atoms with Crippen LogP contribution in [-0.4, -0.2) is 17.2 Å². The molecular formula is C15H13ClN2O2. The van der Waals surface area contributed by atoms with Crippen LogP contribution in [0, 0.1) is 6.92 Å². The number of para-hydroxylation sites is 1. The van der Waals surface area contributed by atoms with Crippen molar-refractivity contribution in [2.75, 3.05) is 0 Å². The Balaban J connectivity index is 2.04. The van der Waals surface area contributed by atoms with E-state index in [4.69, 9.17) is 11.6 Å². The van der Waals surface area contributed by atoms with Gasteiger partial charge < -0.3 is 5.11 Å². The van der Waals surface area contributed by atoms with E-state index in [2.05, 4.69) is 10.5 Å². The fourth-order valence-electron chi connectivity index (χ4n) is 1.61. The highest BCUT2D eigenvalue weighted by Gasteiger charge is 2.04. The number of phenolic OH excluding ortho intramolecular Hbond substituents is 1. The van der Waals surface area contributed by atoms with Crippen LogP contribution in [0.15, 0.2) is 47.6 Å². The average molecular weight is 289 g/mol. The molecule has 0 aliphatic carbocycles. The number of nitrogens with one attached hydrogen (secondary N) is 1. The molecule has 0 atom stereocenters. The van der Waals surface area contributed by atoms with Gasteiger partial charge in [-0.2, -0.15) is 5.10 Å². The fourth-order valence-corrected chi connectivity index (χ4v) is 1.74. The molecule has 20 heavy (non-hydrogen) atoms. The van der Waals surface area contributed by atoms with Gasteiger partial charge in [-0.05, 0) is 42.8 Å². The van der Waals surface area contributed by atoms with Gasteiger partial charge >= 0.3 is 0 Å². The maximum Gasteiger partial charge on any atom is 0.271 e. The Morgan fingerprint density at radius 1 is 1.25 bits per heavy atom. The Hall–Kier alpha value is -2.33. The number of benzene rings is 2. The molecule has 0 fully saturated rings. The molecule has 5 heteroatoms. The lowest BCUT2D eigenvalue weighted by Gasteiger charge is -2.02. The van der Waals surface area contributed by atoms with Gasteiger partial charge in [0.1, 0.15) is 5.75 Å². The zero-order valence-electron chi connectivity index (χ0n) is 10.8. The molecule has 0 aliphatic heterocycles.